The topological polar surface area (TPSA) is 83.2 Å². The first-order valence-corrected chi connectivity index (χ1v) is 5.34. The molecule has 0 bridgehead atoms. The fourth-order valence-electron chi connectivity index (χ4n) is 1.80. The fourth-order valence-corrected chi connectivity index (χ4v) is 1.80. The van der Waals surface area contributed by atoms with Crippen molar-refractivity contribution in [2.75, 3.05) is 7.11 Å². The maximum absolute atomic E-state index is 12.2. The van der Waals surface area contributed by atoms with E-state index in [4.69, 9.17) is 10.00 Å². The van der Waals surface area contributed by atoms with Gasteiger partial charge in [0.15, 0.2) is 5.65 Å². The second-order valence-corrected chi connectivity index (χ2v) is 3.74. The molecule has 2 heterocycles. The van der Waals surface area contributed by atoms with Gasteiger partial charge in [0.2, 0.25) is 0 Å². The van der Waals surface area contributed by atoms with Gasteiger partial charge in [0.1, 0.15) is 11.6 Å². The van der Waals surface area contributed by atoms with Gasteiger partial charge in [0.05, 0.1) is 18.5 Å². The van der Waals surface area contributed by atoms with Crippen LogP contribution in [0.1, 0.15) is 16.8 Å². The summed E-state index contributed by atoms with van der Waals surface area (Å²) in [5.74, 6) is 0. The summed E-state index contributed by atoms with van der Waals surface area (Å²) < 4.78 is 6.24. The maximum Gasteiger partial charge on any atom is 0.278 e. The molecule has 0 saturated carbocycles. The zero-order chi connectivity index (χ0) is 13.1. The number of nitrogens with one attached hydrogen (secondary N) is 1. The van der Waals surface area contributed by atoms with Crippen molar-refractivity contribution in [3.8, 4) is 6.07 Å². The minimum Gasteiger partial charge on any atom is -0.378 e. The Hall–Kier alpha value is -2.39. The average Bonchev–Trinajstić information content (AvgIpc) is 2.77. The average molecular weight is 244 g/mol. The van der Waals surface area contributed by atoms with Crippen molar-refractivity contribution < 1.29 is 4.74 Å². The van der Waals surface area contributed by atoms with Crippen LogP contribution >= 0.6 is 0 Å². The zero-order valence-electron chi connectivity index (χ0n) is 9.93. The molecule has 0 atom stereocenters. The Morgan fingerprint density at radius 1 is 1.72 bits per heavy atom. The molecule has 0 radical (unpaired) electrons. The predicted molar refractivity (Wildman–Crippen MR) is 65.1 cm³/mol. The number of allylic oxidation sites excluding steroid dienone is 1. The van der Waals surface area contributed by atoms with E-state index in [1.54, 1.807) is 13.2 Å². The van der Waals surface area contributed by atoms with E-state index in [1.807, 2.05) is 6.07 Å². The number of nitriles is 1. The minimum absolute atomic E-state index is 0.253. The fraction of sp³-hybridized carbons (Fsp3) is 0.250. The SMILES string of the molecule is C=CCc1c(COC)[nH]c2c(C#N)cnn2c1=O. The van der Waals surface area contributed by atoms with Crippen LogP contribution in [0.2, 0.25) is 0 Å². The highest BCUT2D eigenvalue weighted by molar-refractivity contribution is 5.54. The number of hydrogen-bond donors (Lipinski definition) is 1. The van der Waals surface area contributed by atoms with Crippen LogP contribution in [0.15, 0.2) is 23.6 Å². The highest BCUT2D eigenvalue weighted by Gasteiger charge is 2.14. The molecule has 0 aromatic carbocycles. The summed E-state index contributed by atoms with van der Waals surface area (Å²) in [6.07, 6.45) is 3.43. The standard InChI is InChI=1S/C12H12N4O2/c1-3-4-9-10(7-18-2)15-11-8(5-13)6-14-16(11)12(9)17/h3,6,15H,1,4,7H2,2H3. The lowest BCUT2D eigenvalue weighted by Crippen LogP contribution is -2.23. The van der Waals surface area contributed by atoms with Crippen molar-refractivity contribution in [3.63, 3.8) is 0 Å². The van der Waals surface area contributed by atoms with Gasteiger partial charge in [-0.1, -0.05) is 6.08 Å². The van der Waals surface area contributed by atoms with Crippen molar-refractivity contribution in [3.05, 3.63) is 46.0 Å². The Morgan fingerprint density at radius 2 is 2.50 bits per heavy atom. The monoisotopic (exact) mass is 244 g/mol. The molecule has 0 spiro atoms. The van der Waals surface area contributed by atoms with E-state index >= 15 is 0 Å². The van der Waals surface area contributed by atoms with Crippen LogP contribution < -0.4 is 5.56 Å². The molecular formula is C12H12N4O2. The quantitative estimate of drug-likeness (QED) is 0.805. The van der Waals surface area contributed by atoms with Crippen molar-refractivity contribution in [2.24, 2.45) is 0 Å². The number of rotatable bonds is 4. The van der Waals surface area contributed by atoms with Crippen LogP contribution in [0.3, 0.4) is 0 Å². The van der Waals surface area contributed by atoms with Gasteiger partial charge >= 0.3 is 0 Å². The van der Waals surface area contributed by atoms with Crippen LogP contribution in [0, 0.1) is 11.3 Å². The number of nitrogens with zero attached hydrogens (tertiary/aromatic N) is 3. The van der Waals surface area contributed by atoms with E-state index in [-0.39, 0.29) is 12.2 Å². The molecule has 1 N–H and O–H groups in total. The number of fused-ring (bicyclic) bond motifs is 1. The molecule has 6 heteroatoms. The molecule has 0 unspecified atom stereocenters. The van der Waals surface area contributed by atoms with Crippen LogP contribution in [0.4, 0.5) is 0 Å². The predicted octanol–water partition coefficient (Wildman–Crippen LogP) is 0.769. The summed E-state index contributed by atoms with van der Waals surface area (Å²) in [6.45, 7) is 3.89. The second-order valence-electron chi connectivity index (χ2n) is 3.74. The van der Waals surface area contributed by atoms with Gasteiger partial charge in [-0.2, -0.15) is 14.9 Å². The smallest absolute Gasteiger partial charge is 0.278 e. The first kappa shape index (κ1) is 12.1. The number of aromatic amines is 1. The number of H-pyrrole nitrogens is 1. The largest absolute Gasteiger partial charge is 0.378 e. The number of methoxy groups -OCH3 is 1. The lowest BCUT2D eigenvalue weighted by molar-refractivity contribution is 0.180. The summed E-state index contributed by atoms with van der Waals surface area (Å²) in [4.78, 5) is 15.2. The van der Waals surface area contributed by atoms with Gasteiger partial charge in [-0.15, -0.1) is 6.58 Å². The zero-order valence-corrected chi connectivity index (χ0v) is 9.93. The van der Waals surface area contributed by atoms with Gasteiger partial charge < -0.3 is 9.72 Å². The lowest BCUT2D eigenvalue weighted by Gasteiger charge is -2.07. The minimum atomic E-state index is -0.253. The van der Waals surface area contributed by atoms with Crippen molar-refractivity contribution >= 4 is 5.65 Å². The molecule has 0 saturated heterocycles. The normalized spacial score (nSPS) is 10.4. The third-order valence-electron chi connectivity index (χ3n) is 2.61. The van der Waals surface area contributed by atoms with E-state index in [9.17, 15) is 4.79 Å². The van der Waals surface area contributed by atoms with E-state index in [1.165, 1.54) is 10.7 Å². The number of ether oxygens (including phenoxy) is 1. The Morgan fingerprint density at radius 3 is 3.11 bits per heavy atom. The molecule has 0 aliphatic rings. The van der Waals surface area contributed by atoms with Gasteiger partial charge in [0, 0.05) is 12.7 Å². The van der Waals surface area contributed by atoms with Crippen LogP contribution in [-0.2, 0) is 17.8 Å². The van der Waals surface area contributed by atoms with Crippen LogP contribution in [-0.4, -0.2) is 21.7 Å². The third-order valence-corrected chi connectivity index (χ3v) is 2.61. The van der Waals surface area contributed by atoms with Crippen molar-refractivity contribution in [2.45, 2.75) is 13.0 Å². The van der Waals surface area contributed by atoms with Crippen molar-refractivity contribution in [1.82, 2.24) is 14.6 Å². The Bertz CT molecular complexity index is 690. The molecule has 92 valence electrons. The molecule has 2 rings (SSSR count). The Labute approximate surface area is 103 Å². The Balaban J connectivity index is 2.79. The summed E-state index contributed by atoms with van der Waals surface area (Å²) in [7, 11) is 1.54. The van der Waals surface area contributed by atoms with Gasteiger partial charge in [-0.3, -0.25) is 4.79 Å². The molecule has 2 aromatic heterocycles. The van der Waals surface area contributed by atoms with Gasteiger partial charge in [-0.25, -0.2) is 0 Å². The second kappa shape index (κ2) is 4.85. The van der Waals surface area contributed by atoms with E-state index in [2.05, 4.69) is 16.7 Å². The summed E-state index contributed by atoms with van der Waals surface area (Å²) in [5.41, 5.74) is 1.66. The van der Waals surface area contributed by atoms with Gasteiger partial charge in [-0.05, 0) is 6.42 Å². The van der Waals surface area contributed by atoms with E-state index in [0.717, 1.165) is 0 Å². The molecule has 18 heavy (non-hydrogen) atoms. The highest BCUT2D eigenvalue weighted by atomic mass is 16.5. The Kier molecular flexibility index (Phi) is 3.26. The lowest BCUT2D eigenvalue weighted by atomic mass is 10.1. The molecule has 0 fully saturated rings. The highest BCUT2D eigenvalue weighted by Crippen LogP contribution is 2.10. The maximum atomic E-state index is 12.2. The van der Waals surface area contributed by atoms with Gasteiger partial charge in [0.25, 0.3) is 5.56 Å². The van der Waals surface area contributed by atoms with Crippen LogP contribution in [0.25, 0.3) is 5.65 Å². The van der Waals surface area contributed by atoms with E-state index in [0.29, 0.717) is 28.9 Å². The molecule has 0 amide bonds. The van der Waals surface area contributed by atoms with E-state index < -0.39 is 0 Å². The molecule has 0 aliphatic carbocycles. The number of hydrogen-bond acceptors (Lipinski definition) is 4. The molecule has 2 aromatic rings. The number of aromatic nitrogens is 3. The molecule has 0 aliphatic heterocycles. The summed E-state index contributed by atoms with van der Waals surface area (Å²) >= 11 is 0. The molecule has 6 nitrogen and oxygen atoms in total. The third kappa shape index (κ3) is 1.81. The first-order valence-electron chi connectivity index (χ1n) is 5.34. The summed E-state index contributed by atoms with van der Waals surface area (Å²) in [6, 6.07) is 1.98. The van der Waals surface area contributed by atoms with Crippen LogP contribution in [0.5, 0.6) is 0 Å². The van der Waals surface area contributed by atoms with Crippen molar-refractivity contribution in [1.29, 1.82) is 5.26 Å². The summed E-state index contributed by atoms with van der Waals surface area (Å²) in [5, 5.41) is 12.8. The first-order chi connectivity index (χ1) is 8.72. The molecular weight excluding hydrogens is 232 g/mol.